The Kier molecular flexibility index (Phi) is 3.79. The summed E-state index contributed by atoms with van der Waals surface area (Å²) in [4.78, 5) is 7.94. The Labute approximate surface area is 93.9 Å². The van der Waals surface area contributed by atoms with Crippen molar-refractivity contribution in [2.24, 2.45) is 5.92 Å². The third-order valence-electron chi connectivity index (χ3n) is 2.68. The van der Waals surface area contributed by atoms with E-state index in [1.165, 1.54) is 24.3 Å². The normalized spacial score (nSPS) is 23.9. The summed E-state index contributed by atoms with van der Waals surface area (Å²) in [7, 11) is 0. The minimum Gasteiger partial charge on any atom is -0.298 e. The molecule has 0 radical (unpaired) electrons. The molecular formula is C10H15ClN2S. The van der Waals surface area contributed by atoms with Crippen LogP contribution in [-0.4, -0.2) is 28.9 Å². The van der Waals surface area contributed by atoms with Crippen molar-refractivity contribution in [3.8, 4) is 0 Å². The van der Waals surface area contributed by atoms with Gasteiger partial charge in [0.2, 0.25) is 0 Å². The average Bonchev–Trinajstić information content (AvgIpc) is 2.71. The molecule has 1 aromatic rings. The van der Waals surface area contributed by atoms with E-state index in [1.54, 1.807) is 11.3 Å². The van der Waals surface area contributed by atoms with Crippen LogP contribution in [0.2, 0.25) is 0 Å². The fraction of sp³-hybridized carbons (Fsp3) is 0.700. The first-order chi connectivity index (χ1) is 6.88. The van der Waals surface area contributed by atoms with Crippen LogP contribution in [0.15, 0.2) is 11.7 Å². The van der Waals surface area contributed by atoms with Crippen LogP contribution in [0.5, 0.6) is 0 Å². The molecule has 0 aromatic carbocycles. The van der Waals surface area contributed by atoms with E-state index in [4.69, 9.17) is 11.6 Å². The number of hydrogen-bond donors (Lipinski definition) is 0. The molecule has 78 valence electrons. The maximum Gasteiger partial charge on any atom is 0.0794 e. The predicted molar refractivity (Wildman–Crippen MR) is 60.8 cm³/mol. The van der Waals surface area contributed by atoms with Gasteiger partial charge in [-0.15, -0.1) is 22.9 Å². The highest BCUT2D eigenvalue weighted by atomic mass is 35.5. The largest absolute Gasteiger partial charge is 0.298 e. The van der Waals surface area contributed by atoms with Crippen molar-refractivity contribution in [1.82, 2.24) is 9.88 Å². The van der Waals surface area contributed by atoms with Crippen molar-refractivity contribution in [2.75, 3.05) is 19.0 Å². The molecule has 4 heteroatoms. The topological polar surface area (TPSA) is 16.1 Å². The first-order valence-corrected chi connectivity index (χ1v) is 6.45. The van der Waals surface area contributed by atoms with E-state index in [2.05, 4.69) is 9.88 Å². The highest BCUT2D eigenvalue weighted by Crippen LogP contribution is 2.20. The van der Waals surface area contributed by atoms with E-state index >= 15 is 0 Å². The SMILES string of the molecule is ClCC1CCCN(Cc2cncs2)C1. The zero-order valence-electron chi connectivity index (χ0n) is 8.16. The molecule has 0 N–H and O–H groups in total. The van der Waals surface area contributed by atoms with E-state index in [1.807, 2.05) is 11.7 Å². The van der Waals surface area contributed by atoms with Gasteiger partial charge < -0.3 is 0 Å². The van der Waals surface area contributed by atoms with Crippen LogP contribution in [0.4, 0.5) is 0 Å². The molecule has 1 unspecified atom stereocenters. The molecule has 0 saturated carbocycles. The summed E-state index contributed by atoms with van der Waals surface area (Å²) in [5.41, 5.74) is 1.90. The second-order valence-electron chi connectivity index (χ2n) is 3.87. The number of piperidine rings is 1. The minimum absolute atomic E-state index is 0.693. The summed E-state index contributed by atoms with van der Waals surface area (Å²) in [6.07, 6.45) is 4.55. The van der Waals surface area contributed by atoms with Gasteiger partial charge >= 0.3 is 0 Å². The van der Waals surface area contributed by atoms with Crippen LogP contribution in [0.25, 0.3) is 0 Å². The lowest BCUT2D eigenvalue weighted by Gasteiger charge is -2.31. The zero-order valence-corrected chi connectivity index (χ0v) is 9.73. The van der Waals surface area contributed by atoms with Crippen molar-refractivity contribution in [3.63, 3.8) is 0 Å². The molecule has 1 atom stereocenters. The summed E-state index contributed by atoms with van der Waals surface area (Å²) in [5.74, 6) is 1.50. The van der Waals surface area contributed by atoms with Crippen LogP contribution in [0, 0.1) is 5.92 Å². The summed E-state index contributed by atoms with van der Waals surface area (Å²) in [5, 5.41) is 0. The van der Waals surface area contributed by atoms with Crippen LogP contribution in [0.1, 0.15) is 17.7 Å². The quantitative estimate of drug-likeness (QED) is 0.743. The third kappa shape index (κ3) is 2.69. The number of hydrogen-bond acceptors (Lipinski definition) is 3. The first kappa shape index (κ1) is 10.4. The summed E-state index contributed by atoms with van der Waals surface area (Å²) in [6, 6.07) is 0. The zero-order chi connectivity index (χ0) is 9.80. The Bertz CT molecular complexity index is 263. The fourth-order valence-electron chi connectivity index (χ4n) is 1.96. The Balaban J connectivity index is 1.86. The second kappa shape index (κ2) is 5.10. The molecular weight excluding hydrogens is 216 g/mol. The van der Waals surface area contributed by atoms with Gasteiger partial charge in [-0.3, -0.25) is 9.88 Å². The number of aromatic nitrogens is 1. The Hall–Kier alpha value is -0.120. The molecule has 14 heavy (non-hydrogen) atoms. The number of alkyl halides is 1. The lowest BCUT2D eigenvalue weighted by Crippen LogP contribution is -2.35. The molecule has 0 bridgehead atoms. The number of likely N-dealkylation sites (tertiary alicyclic amines) is 1. The van der Waals surface area contributed by atoms with Crippen LogP contribution in [-0.2, 0) is 6.54 Å². The van der Waals surface area contributed by atoms with Gasteiger partial charge in [-0.1, -0.05) is 0 Å². The standard InChI is InChI=1S/C10H15ClN2S/c11-4-9-2-1-3-13(6-9)7-10-5-12-8-14-10/h5,8-9H,1-4,6-7H2. The maximum atomic E-state index is 5.89. The maximum absolute atomic E-state index is 5.89. The first-order valence-electron chi connectivity index (χ1n) is 5.04. The highest BCUT2D eigenvalue weighted by Gasteiger charge is 2.19. The monoisotopic (exact) mass is 230 g/mol. The molecule has 1 aliphatic heterocycles. The molecule has 1 fully saturated rings. The molecule has 2 heterocycles. The molecule has 1 saturated heterocycles. The third-order valence-corrected chi connectivity index (χ3v) is 3.89. The van der Waals surface area contributed by atoms with E-state index in [9.17, 15) is 0 Å². The van der Waals surface area contributed by atoms with E-state index in [0.29, 0.717) is 5.92 Å². The van der Waals surface area contributed by atoms with Gasteiger partial charge in [-0.2, -0.15) is 0 Å². The van der Waals surface area contributed by atoms with Crippen molar-refractivity contribution >= 4 is 22.9 Å². The van der Waals surface area contributed by atoms with E-state index < -0.39 is 0 Å². The van der Waals surface area contributed by atoms with Gasteiger partial charge in [0, 0.05) is 30.0 Å². The van der Waals surface area contributed by atoms with Crippen molar-refractivity contribution < 1.29 is 0 Å². The highest BCUT2D eigenvalue weighted by molar-refractivity contribution is 7.09. The second-order valence-corrected chi connectivity index (χ2v) is 5.14. The minimum atomic E-state index is 0.693. The molecule has 0 spiro atoms. The number of rotatable bonds is 3. The molecule has 0 amide bonds. The number of halogens is 1. The smallest absolute Gasteiger partial charge is 0.0794 e. The lowest BCUT2D eigenvalue weighted by molar-refractivity contribution is 0.179. The number of thiazole rings is 1. The summed E-state index contributed by atoms with van der Waals surface area (Å²) in [6.45, 7) is 3.42. The molecule has 2 rings (SSSR count). The van der Waals surface area contributed by atoms with Gasteiger partial charge in [0.1, 0.15) is 0 Å². The van der Waals surface area contributed by atoms with Crippen molar-refractivity contribution in [1.29, 1.82) is 0 Å². The average molecular weight is 231 g/mol. The summed E-state index contributed by atoms with van der Waals surface area (Å²) < 4.78 is 0. The Morgan fingerprint density at radius 3 is 3.29 bits per heavy atom. The number of nitrogens with zero attached hydrogens (tertiary/aromatic N) is 2. The fourth-order valence-corrected chi connectivity index (χ4v) is 2.85. The molecule has 0 aliphatic carbocycles. The van der Waals surface area contributed by atoms with Gasteiger partial charge in [0.25, 0.3) is 0 Å². The molecule has 1 aromatic heterocycles. The van der Waals surface area contributed by atoms with Gasteiger partial charge in [0.15, 0.2) is 0 Å². The van der Waals surface area contributed by atoms with Gasteiger partial charge in [0.05, 0.1) is 5.51 Å². The Morgan fingerprint density at radius 2 is 2.57 bits per heavy atom. The van der Waals surface area contributed by atoms with Crippen LogP contribution in [0.3, 0.4) is 0 Å². The predicted octanol–water partition coefficient (Wildman–Crippen LogP) is 2.59. The van der Waals surface area contributed by atoms with Gasteiger partial charge in [-0.05, 0) is 25.3 Å². The summed E-state index contributed by atoms with van der Waals surface area (Å²) >= 11 is 7.63. The van der Waals surface area contributed by atoms with Crippen LogP contribution < -0.4 is 0 Å². The van der Waals surface area contributed by atoms with Crippen molar-refractivity contribution in [2.45, 2.75) is 19.4 Å². The van der Waals surface area contributed by atoms with Crippen molar-refractivity contribution in [3.05, 3.63) is 16.6 Å². The van der Waals surface area contributed by atoms with Gasteiger partial charge in [-0.25, -0.2) is 0 Å². The molecule has 2 nitrogen and oxygen atoms in total. The Morgan fingerprint density at radius 1 is 1.64 bits per heavy atom. The van der Waals surface area contributed by atoms with Crippen LogP contribution >= 0.6 is 22.9 Å². The van der Waals surface area contributed by atoms with E-state index in [0.717, 1.165) is 19.0 Å². The lowest BCUT2D eigenvalue weighted by atomic mass is 10.0. The van der Waals surface area contributed by atoms with E-state index in [-0.39, 0.29) is 0 Å². The molecule has 1 aliphatic rings.